The Bertz CT molecular complexity index is 237. The summed E-state index contributed by atoms with van der Waals surface area (Å²) in [6.45, 7) is 13.6. The fourth-order valence-electron chi connectivity index (χ4n) is 3.72. The van der Waals surface area contributed by atoms with E-state index in [4.69, 9.17) is 0 Å². The third-order valence-electron chi connectivity index (χ3n) is 4.58. The van der Waals surface area contributed by atoms with Gasteiger partial charge in [-0.3, -0.25) is 0 Å². The maximum atomic E-state index is 9.21. The SMILES string of the molecule is CCCN(CCO)CC1CCCC(C)(C)C1NCC. The molecule has 0 spiro atoms. The van der Waals surface area contributed by atoms with Crippen LogP contribution < -0.4 is 5.32 Å². The van der Waals surface area contributed by atoms with Gasteiger partial charge in [0.25, 0.3) is 0 Å². The zero-order chi connectivity index (χ0) is 14.3. The van der Waals surface area contributed by atoms with Crippen LogP contribution in [0.15, 0.2) is 0 Å². The second-order valence-electron chi connectivity index (χ2n) is 6.70. The van der Waals surface area contributed by atoms with Crippen LogP contribution in [0.3, 0.4) is 0 Å². The highest BCUT2D eigenvalue weighted by molar-refractivity contribution is 4.94. The zero-order valence-corrected chi connectivity index (χ0v) is 13.4. The third kappa shape index (κ3) is 5.05. The van der Waals surface area contributed by atoms with E-state index < -0.39 is 0 Å². The third-order valence-corrected chi connectivity index (χ3v) is 4.58. The highest BCUT2D eigenvalue weighted by Crippen LogP contribution is 2.39. The lowest BCUT2D eigenvalue weighted by Gasteiger charge is -2.46. The molecule has 114 valence electrons. The molecule has 1 aliphatic rings. The maximum Gasteiger partial charge on any atom is 0.0558 e. The van der Waals surface area contributed by atoms with E-state index in [2.05, 4.69) is 37.9 Å². The lowest BCUT2D eigenvalue weighted by atomic mass is 9.67. The molecular formula is C16H34N2O. The van der Waals surface area contributed by atoms with Crippen molar-refractivity contribution >= 4 is 0 Å². The normalized spacial score (nSPS) is 26.8. The molecule has 1 saturated carbocycles. The van der Waals surface area contributed by atoms with E-state index in [9.17, 15) is 5.11 Å². The van der Waals surface area contributed by atoms with Crippen molar-refractivity contribution in [2.75, 3.05) is 32.8 Å². The second-order valence-corrected chi connectivity index (χ2v) is 6.70. The van der Waals surface area contributed by atoms with Crippen LogP contribution in [0.2, 0.25) is 0 Å². The van der Waals surface area contributed by atoms with Gasteiger partial charge >= 0.3 is 0 Å². The van der Waals surface area contributed by atoms with Crippen molar-refractivity contribution in [2.45, 2.75) is 59.4 Å². The van der Waals surface area contributed by atoms with E-state index in [-0.39, 0.29) is 6.61 Å². The minimum Gasteiger partial charge on any atom is -0.395 e. The van der Waals surface area contributed by atoms with Crippen LogP contribution in [-0.2, 0) is 0 Å². The molecule has 1 fully saturated rings. The molecule has 0 amide bonds. The Labute approximate surface area is 119 Å². The molecule has 19 heavy (non-hydrogen) atoms. The first kappa shape index (κ1) is 16.9. The van der Waals surface area contributed by atoms with Gasteiger partial charge in [0, 0.05) is 19.1 Å². The van der Waals surface area contributed by atoms with Crippen molar-refractivity contribution in [2.24, 2.45) is 11.3 Å². The number of nitrogens with zero attached hydrogens (tertiary/aromatic N) is 1. The molecule has 2 N–H and O–H groups in total. The lowest BCUT2D eigenvalue weighted by molar-refractivity contribution is 0.0737. The van der Waals surface area contributed by atoms with Crippen molar-refractivity contribution in [3.8, 4) is 0 Å². The molecule has 1 aliphatic carbocycles. The van der Waals surface area contributed by atoms with Gasteiger partial charge in [-0.2, -0.15) is 0 Å². The van der Waals surface area contributed by atoms with Crippen molar-refractivity contribution in [1.82, 2.24) is 10.2 Å². The predicted octanol–water partition coefficient (Wildman–Crippen LogP) is 2.50. The predicted molar refractivity (Wildman–Crippen MR) is 82.4 cm³/mol. The van der Waals surface area contributed by atoms with Crippen LogP contribution in [0.25, 0.3) is 0 Å². The minimum atomic E-state index is 0.280. The fourth-order valence-corrected chi connectivity index (χ4v) is 3.72. The second kappa shape index (κ2) is 8.23. The summed E-state index contributed by atoms with van der Waals surface area (Å²) in [7, 11) is 0. The number of aliphatic hydroxyl groups excluding tert-OH is 1. The Morgan fingerprint density at radius 2 is 2.00 bits per heavy atom. The summed E-state index contributed by atoms with van der Waals surface area (Å²) in [6.07, 6.45) is 5.17. The lowest BCUT2D eigenvalue weighted by Crippen LogP contribution is -2.53. The first-order valence-corrected chi connectivity index (χ1v) is 8.11. The van der Waals surface area contributed by atoms with E-state index in [1.54, 1.807) is 0 Å². The van der Waals surface area contributed by atoms with E-state index in [0.717, 1.165) is 32.1 Å². The Morgan fingerprint density at radius 3 is 2.58 bits per heavy atom. The molecule has 3 nitrogen and oxygen atoms in total. The quantitative estimate of drug-likeness (QED) is 0.711. The molecule has 3 heteroatoms. The minimum absolute atomic E-state index is 0.280. The largest absolute Gasteiger partial charge is 0.395 e. The molecule has 0 heterocycles. The molecule has 0 radical (unpaired) electrons. The van der Waals surface area contributed by atoms with Gasteiger partial charge in [-0.25, -0.2) is 0 Å². The van der Waals surface area contributed by atoms with E-state index in [1.807, 2.05) is 0 Å². The summed E-state index contributed by atoms with van der Waals surface area (Å²) in [6, 6.07) is 0.615. The van der Waals surface area contributed by atoms with Crippen molar-refractivity contribution in [1.29, 1.82) is 0 Å². The molecule has 0 aromatic carbocycles. The molecule has 1 rings (SSSR count). The van der Waals surface area contributed by atoms with Gasteiger partial charge in [0.05, 0.1) is 6.61 Å². The van der Waals surface area contributed by atoms with Gasteiger partial charge in [0.2, 0.25) is 0 Å². The summed E-state index contributed by atoms with van der Waals surface area (Å²) >= 11 is 0. The van der Waals surface area contributed by atoms with Gasteiger partial charge in [-0.15, -0.1) is 0 Å². The average Bonchev–Trinajstić information content (AvgIpc) is 2.34. The number of nitrogens with one attached hydrogen (secondary N) is 1. The summed E-state index contributed by atoms with van der Waals surface area (Å²) in [5, 5.41) is 12.9. The van der Waals surface area contributed by atoms with Gasteiger partial charge in [-0.1, -0.05) is 34.1 Å². The van der Waals surface area contributed by atoms with Gasteiger partial charge in [0.15, 0.2) is 0 Å². The first-order valence-electron chi connectivity index (χ1n) is 8.11. The van der Waals surface area contributed by atoms with E-state index in [1.165, 1.54) is 25.7 Å². The van der Waals surface area contributed by atoms with Gasteiger partial charge in [-0.05, 0) is 43.7 Å². The number of hydrogen-bond acceptors (Lipinski definition) is 3. The highest BCUT2D eigenvalue weighted by Gasteiger charge is 2.38. The summed E-state index contributed by atoms with van der Waals surface area (Å²) in [5.41, 5.74) is 0.399. The summed E-state index contributed by atoms with van der Waals surface area (Å²) < 4.78 is 0. The number of aliphatic hydroxyl groups is 1. The Balaban J connectivity index is 2.65. The highest BCUT2D eigenvalue weighted by atomic mass is 16.3. The van der Waals surface area contributed by atoms with Crippen LogP contribution in [0, 0.1) is 11.3 Å². The molecular weight excluding hydrogens is 236 g/mol. The zero-order valence-electron chi connectivity index (χ0n) is 13.4. The molecule has 2 unspecified atom stereocenters. The van der Waals surface area contributed by atoms with Crippen LogP contribution in [0.4, 0.5) is 0 Å². The van der Waals surface area contributed by atoms with Gasteiger partial charge < -0.3 is 15.3 Å². The first-order chi connectivity index (χ1) is 9.05. The molecule has 0 saturated heterocycles. The molecule has 0 aromatic rings. The molecule has 2 atom stereocenters. The van der Waals surface area contributed by atoms with Crippen molar-refractivity contribution in [3.05, 3.63) is 0 Å². The summed E-state index contributed by atoms with van der Waals surface area (Å²) in [4.78, 5) is 2.44. The van der Waals surface area contributed by atoms with Crippen LogP contribution in [0.5, 0.6) is 0 Å². The van der Waals surface area contributed by atoms with Crippen LogP contribution in [0.1, 0.15) is 53.4 Å². The summed E-state index contributed by atoms with van der Waals surface area (Å²) in [5.74, 6) is 0.724. The Morgan fingerprint density at radius 1 is 1.26 bits per heavy atom. The van der Waals surface area contributed by atoms with Crippen LogP contribution in [-0.4, -0.2) is 48.8 Å². The van der Waals surface area contributed by atoms with Crippen molar-refractivity contribution < 1.29 is 5.11 Å². The monoisotopic (exact) mass is 270 g/mol. The van der Waals surface area contributed by atoms with E-state index >= 15 is 0 Å². The standard InChI is InChI=1S/C16H34N2O/c1-5-10-18(11-12-19)13-14-8-7-9-16(3,4)15(14)17-6-2/h14-15,17,19H,5-13H2,1-4H3. The van der Waals surface area contributed by atoms with E-state index in [0.29, 0.717) is 11.5 Å². The van der Waals surface area contributed by atoms with Crippen molar-refractivity contribution in [3.63, 3.8) is 0 Å². The molecule has 0 aromatic heterocycles. The Kier molecular flexibility index (Phi) is 7.33. The topological polar surface area (TPSA) is 35.5 Å². The fraction of sp³-hybridized carbons (Fsp3) is 1.00. The average molecular weight is 270 g/mol. The van der Waals surface area contributed by atoms with Crippen LogP contribution >= 0.6 is 0 Å². The van der Waals surface area contributed by atoms with Gasteiger partial charge in [0.1, 0.15) is 0 Å². The number of hydrogen-bond donors (Lipinski definition) is 2. The number of rotatable bonds is 8. The Hall–Kier alpha value is -0.120. The smallest absolute Gasteiger partial charge is 0.0558 e. The maximum absolute atomic E-state index is 9.21. The molecule has 0 aliphatic heterocycles. The molecule has 0 bridgehead atoms.